The molecule has 0 fully saturated rings. The maximum Gasteiger partial charge on any atom is 0.251 e. The number of fused-ring (bicyclic) bond motifs is 1. The first-order valence-electron chi connectivity index (χ1n) is 10.7. The first-order chi connectivity index (χ1) is 16.5. The number of aromatic nitrogens is 4. The van der Waals surface area contributed by atoms with Crippen molar-refractivity contribution in [1.82, 2.24) is 30.0 Å². The fourth-order valence-corrected chi connectivity index (χ4v) is 3.23. The number of nitrogens with zero attached hydrogens (tertiary/aromatic N) is 6. The Morgan fingerprint density at radius 3 is 2.59 bits per heavy atom. The number of carbonyl (C=O) groups excluding carboxylic acids is 1. The molecule has 2 N–H and O–H groups in total. The summed E-state index contributed by atoms with van der Waals surface area (Å²) in [6.45, 7) is 1.39. The van der Waals surface area contributed by atoms with E-state index in [1.54, 1.807) is 36.3 Å². The van der Waals surface area contributed by atoms with Gasteiger partial charge in [-0.1, -0.05) is 12.1 Å². The maximum atomic E-state index is 12.2. The fraction of sp³-hybridized carbons (Fsp3) is 0.208. The van der Waals surface area contributed by atoms with Crippen LogP contribution in [-0.2, 0) is 0 Å². The van der Waals surface area contributed by atoms with Crippen LogP contribution in [0.4, 0.5) is 5.82 Å². The number of nitrogens with one attached hydrogen (secondary N) is 2. The zero-order valence-electron chi connectivity index (χ0n) is 19.3. The van der Waals surface area contributed by atoms with E-state index in [1.807, 2.05) is 55.4 Å². The molecule has 0 saturated carbocycles. The number of hydrogen-bond acceptors (Lipinski definition) is 8. The van der Waals surface area contributed by atoms with Gasteiger partial charge in [0.1, 0.15) is 12.1 Å². The van der Waals surface area contributed by atoms with Gasteiger partial charge in [0.05, 0.1) is 30.6 Å². The fourth-order valence-electron chi connectivity index (χ4n) is 3.23. The van der Waals surface area contributed by atoms with Crippen molar-refractivity contribution in [2.45, 2.75) is 0 Å². The van der Waals surface area contributed by atoms with E-state index in [1.165, 1.54) is 6.33 Å². The van der Waals surface area contributed by atoms with Gasteiger partial charge >= 0.3 is 0 Å². The average Bonchev–Trinajstić information content (AvgIpc) is 3.29. The van der Waals surface area contributed by atoms with Crippen molar-refractivity contribution in [3.05, 3.63) is 72.2 Å². The lowest BCUT2D eigenvalue weighted by atomic mass is 10.1. The topological polar surface area (TPSA) is 110 Å². The van der Waals surface area contributed by atoms with E-state index < -0.39 is 0 Å². The molecule has 174 valence electrons. The molecular weight excluding hydrogens is 432 g/mol. The number of amides is 1. The Balaban J connectivity index is 1.42. The zero-order chi connectivity index (χ0) is 23.9. The van der Waals surface area contributed by atoms with Crippen LogP contribution in [-0.4, -0.2) is 71.1 Å². The second-order valence-electron chi connectivity index (χ2n) is 7.77. The molecule has 2 heterocycles. The van der Waals surface area contributed by atoms with Crippen LogP contribution in [0.25, 0.3) is 16.7 Å². The molecule has 0 radical (unpaired) electrons. The summed E-state index contributed by atoms with van der Waals surface area (Å²) in [7, 11) is 5.56. The summed E-state index contributed by atoms with van der Waals surface area (Å²) in [5, 5.41) is 12.4. The average molecular weight is 459 g/mol. The van der Waals surface area contributed by atoms with Crippen molar-refractivity contribution >= 4 is 29.0 Å². The Morgan fingerprint density at radius 2 is 1.88 bits per heavy atom. The van der Waals surface area contributed by atoms with Crippen molar-refractivity contribution < 1.29 is 9.53 Å². The molecule has 2 aromatic heterocycles. The van der Waals surface area contributed by atoms with Crippen LogP contribution in [0.3, 0.4) is 0 Å². The monoisotopic (exact) mass is 458 g/mol. The van der Waals surface area contributed by atoms with Gasteiger partial charge < -0.3 is 15.0 Å². The van der Waals surface area contributed by atoms with Crippen LogP contribution < -0.4 is 15.5 Å². The first kappa shape index (κ1) is 22.9. The van der Waals surface area contributed by atoms with Crippen LogP contribution in [0.5, 0.6) is 5.75 Å². The number of rotatable bonds is 9. The SMILES string of the molecule is COc1ccc(-n2ncc3c(N/N=C/c4ccc(C(=O)NCCN(C)C)cc4)ncnc32)cc1. The summed E-state index contributed by atoms with van der Waals surface area (Å²) in [6, 6.07) is 14.8. The van der Waals surface area contributed by atoms with Gasteiger partial charge in [-0.05, 0) is 56.1 Å². The number of benzene rings is 2. The first-order valence-corrected chi connectivity index (χ1v) is 10.7. The van der Waals surface area contributed by atoms with Crippen molar-refractivity contribution in [3.63, 3.8) is 0 Å². The summed E-state index contributed by atoms with van der Waals surface area (Å²) < 4.78 is 6.94. The van der Waals surface area contributed by atoms with Crippen molar-refractivity contribution in [3.8, 4) is 11.4 Å². The molecule has 4 rings (SSSR count). The van der Waals surface area contributed by atoms with Gasteiger partial charge in [-0.3, -0.25) is 10.2 Å². The third kappa shape index (κ3) is 5.36. The van der Waals surface area contributed by atoms with Gasteiger partial charge in [0, 0.05) is 18.7 Å². The normalized spacial score (nSPS) is 11.3. The standard InChI is InChI=1S/C24H26N8O2/c1-31(2)13-12-25-24(33)18-6-4-17(5-7-18)14-28-30-22-21-15-29-32(23(21)27-16-26-22)19-8-10-20(34-3)11-9-19/h4-11,14-16H,12-13H2,1-3H3,(H,25,33)(H,26,27,30)/b28-14+. The summed E-state index contributed by atoms with van der Waals surface area (Å²) in [5.41, 5.74) is 5.92. The van der Waals surface area contributed by atoms with Gasteiger partial charge in [-0.25, -0.2) is 14.6 Å². The largest absolute Gasteiger partial charge is 0.497 e. The van der Waals surface area contributed by atoms with Gasteiger partial charge in [0.2, 0.25) is 0 Å². The quantitative estimate of drug-likeness (QED) is 0.293. The summed E-state index contributed by atoms with van der Waals surface area (Å²) in [6.07, 6.45) is 4.82. The molecule has 0 aliphatic rings. The molecule has 0 saturated heterocycles. The predicted molar refractivity (Wildman–Crippen MR) is 132 cm³/mol. The van der Waals surface area contributed by atoms with Gasteiger partial charge in [0.15, 0.2) is 11.5 Å². The second-order valence-corrected chi connectivity index (χ2v) is 7.77. The Bertz CT molecular complexity index is 1280. The van der Waals surface area contributed by atoms with Gasteiger partial charge in [-0.2, -0.15) is 10.2 Å². The van der Waals surface area contributed by atoms with E-state index in [2.05, 4.69) is 30.9 Å². The predicted octanol–water partition coefficient (Wildman–Crippen LogP) is 2.56. The van der Waals surface area contributed by atoms with E-state index in [0.717, 1.165) is 28.9 Å². The lowest BCUT2D eigenvalue weighted by Gasteiger charge is -2.10. The number of hydrazone groups is 1. The van der Waals surface area contributed by atoms with Crippen molar-refractivity contribution in [2.75, 3.05) is 39.7 Å². The smallest absolute Gasteiger partial charge is 0.251 e. The number of carbonyl (C=O) groups is 1. The van der Waals surface area contributed by atoms with Crippen LogP contribution in [0.1, 0.15) is 15.9 Å². The number of ether oxygens (including phenoxy) is 1. The van der Waals surface area contributed by atoms with Crippen LogP contribution in [0.2, 0.25) is 0 Å². The minimum Gasteiger partial charge on any atom is -0.497 e. The molecule has 4 aromatic rings. The van der Waals surface area contributed by atoms with E-state index in [9.17, 15) is 4.79 Å². The lowest BCUT2D eigenvalue weighted by molar-refractivity contribution is 0.0951. The molecule has 0 atom stereocenters. The minimum atomic E-state index is -0.0966. The highest BCUT2D eigenvalue weighted by atomic mass is 16.5. The molecule has 0 unspecified atom stereocenters. The highest BCUT2D eigenvalue weighted by Gasteiger charge is 2.11. The lowest BCUT2D eigenvalue weighted by Crippen LogP contribution is -2.31. The number of methoxy groups -OCH3 is 1. The summed E-state index contributed by atoms with van der Waals surface area (Å²) >= 11 is 0. The Labute approximate surface area is 197 Å². The number of likely N-dealkylation sites (N-methyl/N-ethyl adjacent to an activating group) is 1. The maximum absolute atomic E-state index is 12.2. The Kier molecular flexibility index (Phi) is 7.09. The van der Waals surface area contributed by atoms with E-state index in [4.69, 9.17) is 4.74 Å². The van der Waals surface area contributed by atoms with E-state index in [0.29, 0.717) is 23.6 Å². The Morgan fingerprint density at radius 1 is 1.12 bits per heavy atom. The summed E-state index contributed by atoms with van der Waals surface area (Å²) in [5.74, 6) is 1.21. The van der Waals surface area contributed by atoms with Gasteiger partial charge in [-0.15, -0.1) is 0 Å². The highest BCUT2D eigenvalue weighted by Crippen LogP contribution is 2.22. The van der Waals surface area contributed by atoms with E-state index >= 15 is 0 Å². The van der Waals surface area contributed by atoms with E-state index in [-0.39, 0.29) is 5.91 Å². The molecule has 2 aromatic carbocycles. The third-order valence-electron chi connectivity index (χ3n) is 5.08. The molecule has 1 amide bonds. The third-order valence-corrected chi connectivity index (χ3v) is 5.08. The van der Waals surface area contributed by atoms with Gasteiger partial charge in [0.25, 0.3) is 5.91 Å². The van der Waals surface area contributed by atoms with Crippen LogP contribution in [0.15, 0.2) is 66.2 Å². The number of anilines is 1. The van der Waals surface area contributed by atoms with Crippen LogP contribution in [0, 0.1) is 0 Å². The molecule has 0 bridgehead atoms. The molecule has 34 heavy (non-hydrogen) atoms. The van der Waals surface area contributed by atoms with Crippen molar-refractivity contribution in [2.24, 2.45) is 5.10 Å². The molecule has 0 aliphatic carbocycles. The molecule has 0 spiro atoms. The molecule has 0 aliphatic heterocycles. The second kappa shape index (κ2) is 10.5. The molecule has 10 heteroatoms. The zero-order valence-corrected chi connectivity index (χ0v) is 19.3. The van der Waals surface area contributed by atoms with Crippen molar-refractivity contribution in [1.29, 1.82) is 0 Å². The minimum absolute atomic E-state index is 0.0966. The Hall–Kier alpha value is -4.31. The summed E-state index contributed by atoms with van der Waals surface area (Å²) in [4.78, 5) is 22.9. The number of hydrogen-bond donors (Lipinski definition) is 2. The highest BCUT2D eigenvalue weighted by molar-refractivity contribution is 5.95. The molecule has 10 nitrogen and oxygen atoms in total. The van der Waals surface area contributed by atoms with Crippen LogP contribution >= 0.6 is 0 Å². The molecular formula is C24H26N8O2.